The van der Waals surface area contributed by atoms with E-state index in [1.807, 2.05) is 36.7 Å². The SMILES string of the molecule is CC(=O)N1C[C@H](O)C[C@@H]1C(=O)NCc1c(C)nn(Cc2ccccc2)c1C. The van der Waals surface area contributed by atoms with Crippen LogP contribution in [0.3, 0.4) is 0 Å². The minimum Gasteiger partial charge on any atom is -0.391 e. The Balaban J connectivity index is 1.67. The van der Waals surface area contributed by atoms with Gasteiger partial charge in [0.1, 0.15) is 6.04 Å². The summed E-state index contributed by atoms with van der Waals surface area (Å²) in [5.74, 6) is -0.439. The number of aromatic nitrogens is 2. The molecule has 0 bridgehead atoms. The molecule has 3 rings (SSSR count). The average molecular weight is 370 g/mol. The first-order chi connectivity index (χ1) is 12.9. The van der Waals surface area contributed by atoms with Gasteiger partial charge in [-0.15, -0.1) is 0 Å². The highest BCUT2D eigenvalue weighted by Crippen LogP contribution is 2.19. The van der Waals surface area contributed by atoms with Crippen LogP contribution in [-0.2, 0) is 22.7 Å². The van der Waals surface area contributed by atoms with Crippen molar-refractivity contribution in [2.24, 2.45) is 0 Å². The molecule has 0 spiro atoms. The van der Waals surface area contributed by atoms with Crippen LogP contribution in [0.15, 0.2) is 30.3 Å². The zero-order valence-electron chi connectivity index (χ0n) is 16.0. The van der Waals surface area contributed by atoms with E-state index in [9.17, 15) is 14.7 Å². The maximum Gasteiger partial charge on any atom is 0.243 e. The second-order valence-corrected chi connectivity index (χ2v) is 7.09. The van der Waals surface area contributed by atoms with Crippen LogP contribution in [0.25, 0.3) is 0 Å². The number of nitrogens with zero attached hydrogens (tertiary/aromatic N) is 3. The number of nitrogens with one attached hydrogen (secondary N) is 1. The third kappa shape index (κ3) is 4.19. The van der Waals surface area contributed by atoms with Crippen molar-refractivity contribution in [3.8, 4) is 0 Å². The molecule has 2 atom stereocenters. The van der Waals surface area contributed by atoms with Gasteiger partial charge in [0.25, 0.3) is 0 Å². The molecule has 1 aliphatic heterocycles. The van der Waals surface area contributed by atoms with E-state index in [4.69, 9.17) is 0 Å². The second-order valence-electron chi connectivity index (χ2n) is 7.09. The lowest BCUT2D eigenvalue weighted by molar-refractivity contribution is -0.137. The predicted molar refractivity (Wildman–Crippen MR) is 101 cm³/mol. The molecular formula is C20H26N4O3. The van der Waals surface area contributed by atoms with Crippen molar-refractivity contribution in [2.75, 3.05) is 6.54 Å². The molecule has 144 valence electrons. The fourth-order valence-electron chi connectivity index (χ4n) is 3.60. The number of hydrogen-bond donors (Lipinski definition) is 2. The summed E-state index contributed by atoms with van der Waals surface area (Å²) in [7, 11) is 0. The molecule has 2 aromatic rings. The first-order valence-corrected chi connectivity index (χ1v) is 9.16. The number of aliphatic hydroxyl groups excluding tert-OH is 1. The molecule has 0 radical (unpaired) electrons. The number of aliphatic hydroxyl groups is 1. The molecule has 0 saturated carbocycles. The van der Waals surface area contributed by atoms with Crippen molar-refractivity contribution in [1.82, 2.24) is 20.0 Å². The highest BCUT2D eigenvalue weighted by atomic mass is 16.3. The molecule has 1 aromatic carbocycles. The van der Waals surface area contributed by atoms with Gasteiger partial charge in [-0.1, -0.05) is 30.3 Å². The number of benzene rings is 1. The third-order valence-electron chi connectivity index (χ3n) is 5.13. The van der Waals surface area contributed by atoms with E-state index in [0.717, 1.165) is 22.5 Å². The van der Waals surface area contributed by atoms with Gasteiger partial charge in [-0.2, -0.15) is 5.10 Å². The largest absolute Gasteiger partial charge is 0.391 e. The minimum atomic E-state index is -0.651. The van der Waals surface area contributed by atoms with Crippen LogP contribution in [0.5, 0.6) is 0 Å². The van der Waals surface area contributed by atoms with Crippen molar-refractivity contribution in [1.29, 1.82) is 0 Å². The predicted octanol–water partition coefficient (Wildman–Crippen LogP) is 1.15. The maximum absolute atomic E-state index is 12.6. The van der Waals surface area contributed by atoms with Crippen LogP contribution in [0.2, 0.25) is 0 Å². The Bertz CT molecular complexity index is 831. The smallest absolute Gasteiger partial charge is 0.243 e. The van der Waals surface area contributed by atoms with E-state index >= 15 is 0 Å². The minimum absolute atomic E-state index is 0.199. The van der Waals surface area contributed by atoms with Gasteiger partial charge < -0.3 is 15.3 Å². The Kier molecular flexibility index (Phi) is 5.60. The fraction of sp³-hybridized carbons (Fsp3) is 0.450. The molecule has 0 aliphatic carbocycles. The number of amides is 2. The van der Waals surface area contributed by atoms with Crippen LogP contribution in [0, 0.1) is 13.8 Å². The van der Waals surface area contributed by atoms with Crippen LogP contribution in [0.4, 0.5) is 0 Å². The lowest BCUT2D eigenvalue weighted by Gasteiger charge is -2.22. The quantitative estimate of drug-likeness (QED) is 0.826. The van der Waals surface area contributed by atoms with Crippen LogP contribution >= 0.6 is 0 Å². The number of carbonyl (C=O) groups excluding carboxylic acids is 2. The molecule has 7 heteroatoms. The number of β-amino-alcohol motifs (C(OH)–C–C–N with tert-alkyl or cyclic N) is 1. The third-order valence-corrected chi connectivity index (χ3v) is 5.13. The zero-order chi connectivity index (χ0) is 19.6. The van der Waals surface area contributed by atoms with E-state index in [2.05, 4.69) is 22.5 Å². The van der Waals surface area contributed by atoms with E-state index in [-0.39, 0.29) is 24.8 Å². The first-order valence-electron chi connectivity index (χ1n) is 9.16. The number of hydrogen-bond acceptors (Lipinski definition) is 4. The van der Waals surface area contributed by atoms with Gasteiger partial charge in [-0.3, -0.25) is 14.3 Å². The standard InChI is InChI=1S/C20H26N4O3/c1-13-18(14(2)24(22-13)11-16-7-5-4-6-8-16)10-21-20(27)19-9-17(26)12-23(19)15(3)25/h4-8,17,19,26H,9-12H2,1-3H3,(H,21,27)/t17-,19-/m1/s1. The summed E-state index contributed by atoms with van der Waals surface area (Å²) in [6.07, 6.45) is -0.377. The summed E-state index contributed by atoms with van der Waals surface area (Å²) in [6.45, 7) is 6.57. The normalized spacial score (nSPS) is 19.3. The van der Waals surface area contributed by atoms with Crippen molar-refractivity contribution < 1.29 is 14.7 Å². The molecule has 0 unspecified atom stereocenters. The fourth-order valence-corrected chi connectivity index (χ4v) is 3.60. The maximum atomic E-state index is 12.6. The molecule has 2 N–H and O–H groups in total. The summed E-state index contributed by atoms with van der Waals surface area (Å²) in [4.78, 5) is 25.7. The Labute approximate surface area is 159 Å². The summed E-state index contributed by atoms with van der Waals surface area (Å²) in [6, 6.07) is 9.48. The van der Waals surface area contributed by atoms with Gasteiger partial charge in [-0.05, 0) is 19.4 Å². The molecule has 1 aliphatic rings. The Morgan fingerprint density at radius 3 is 2.63 bits per heavy atom. The molecule has 1 fully saturated rings. The Hall–Kier alpha value is -2.67. The number of rotatable bonds is 5. The average Bonchev–Trinajstić information content (AvgIpc) is 3.15. The number of likely N-dealkylation sites (tertiary alicyclic amines) is 1. The highest BCUT2D eigenvalue weighted by molar-refractivity contribution is 5.87. The molecule has 1 saturated heterocycles. The van der Waals surface area contributed by atoms with Gasteiger partial charge in [0.2, 0.25) is 11.8 Å². The van der Waals surface area contributed by atoms with Gasteiger partial charge in [-0.25, -0.2) is 0 Å². The van der Waals surface area contributed by atoms with E-state index < -0.39 is 12.1 Å². The highest BCUT2D eigenvalue weighted by Gasteiger charge is 2.37. The van der Waals surface area contributed by atoms with E-state index in [1.165, 1.54) is 11.8 Å². The molecule has 1 aromatic heterocycles. The van der Waals surface area contributed by atoms with Gasteiger partial charge in [0.15, 0.2) is 0 Å². The number of carbonyl (C=O) groups is 2. The van der Waals surface area contributed by atoms with Crippen molar-refractivity contribution in [3.05, 3.63) is 52.8 Å². The lowest BCUT2D eigenvalue weighted by Crippen LogP contribution is -2.45. The molecule has 2 amide bonds. The monoisotopic (exact) mass is 370 g/mol. The summed E-state index contributed by atoms with van der Waals surface area (Å²) in [5.41, 5.74) is 4.02. The summed E-state index contributed by atoms with van der Waals surface area (Å²) >= 11 is 0. The first kappa shape index (κ1) is 19.1. The van der Waals surface area contributed by atoms with E-state index in [1.54, 1.807) is 0 Å². The molecule has 2 heterocycles. The van der Waals surface area contributed by atoms with Gasteiger partial charge in [0, 0.05) is 37.7 Å². The van der Waals surface area contributed by atoms with Gasteiger partial charge in [0.05, 0.1) is 18.3 Å². The molecular weight excluding hydrogens is 344 g/mol. The van der Waals surface area contributed by atoms with Crippen molar-refractivity contribution >= 4 is 11.8 Å². The lowest BCUT2D eigenvalue weighted by atomic mass is 10.1. The van der Waals surface area contributed by atoms with E-state index in [0.29, 0.717) is 13.1 Å². The topological polar surface area (TPSA) is 87.5 Å². The van der Waals surface area contributed by atoms with Crippen LogP contribution in [0.1, 0.15) is 35.9 Å². The van der Waals surface area contributed by atoms with Crippen LogP contribution in [-0.4, -0.2) is 50.3 Å². The zero-order valence-corrected chi connectivity index (χ0v) is 16.0. The summed E-state index contributed by atoms with van der Waals surface area (Å²) in [5, 5.41) is 17.3. The number of aryl methyl sites for hydroxylation is 1. The second kappa shape index (κ2) is 7.92. The van der Waals surface area contributed by atoms with Gasteiger partial charge >= 0.3 is 0 Å². The van der Waals surface area contributed by atoms with Crippen LogP contribution < -0.4 is 5.32 Å². The van der Waals surface area contributed by atoms with Crippen molar-refractivity contribution in [2.45, 2.75) is 52.4 Å². The molecule has 7 nitrogen and oxygen atoms in total. The Morgan fingerprint density at radius 1 is 1.26 bits per heavy atom. The van der Waals surface area contributed by atoms with Crippen molar-refractivity contribution in [3.63, 3.8) is 0 Å². The molecule has 27 heavy (non-hydrogen) atoms. The summed E-state index contributed by atoms with van der Waals surface area (Å²) < 4.78 is 1.94. The Morgan fingerprint density at radius 2 is 1.96 bits per heavy atom.